The summed E-state index contributed by atoms with van der Waals surface area (Å²) in [5.74, 6) is -0.0578. The van der Waals surface area contributed by atoms with E-state index in [9.17, 15) is 14.7 Å². The van der Waals surface area contributed by atoms with Crippen LogP contribution in [0.15, 0.2) is 48.5 Å². The number of nitrogens with zero attached hydrogens (tertiary/aromatic N) is 2. The molecule has 1 atom stereocenters. The largest absolute Gasteiger partial charge is 0.496 e. The Morgan fingerprint density at radius 1 is 1.15 bits per heavy atom. The maximum Gasteiger partial charge on any atom is 0.258 e. The summed E-state index contributed by atoms with van der Waals surface area (Å²) in [7, 11) is 1.50. The van der Waals surface area contributed by atoms with Crippen molar-refractivity contribution in [3.63, 3.8) is 0 Å². The van der Waals surface area contributed by atoms with Crippen LogP contribution in [0.5, 0.6) is 5.75 Å². The van der Waals surface area contributed by atoms with Gasteiger partial charge in [0.2, 0.25) is 5.91 Å². The zero-order valence-electron chi connectivity index (χ0n) is 15.6. The lowest BCUT2D eigenvalue weighted by Gasteiger charge is -2.22. The smallest absolute Gasteiger partial charge is 0.258 e. The molecule has 1 fully saturated rings. The van der Waals surface area contributed by atoms with E-state index >= 15 is 0 Å². The number of hydrogen-bond donors (Lipinski definition) is 1. The maximum absolute atomic E-state index is 12.9. The lowest BCUT2D eigenvalue weighted by atomic mass is 10.1. The predicted octanol–water partition coefficient (Wildman–Crippen LogP) is 1.85. The average molecular weight is 368 g/mol. The molecule has 6 nitrogen and oxygen atoms in total. The molecule has 0 radical (unpaired) electrons. The Balaban J connectivity index is 1.76. The van der Waals surface area contributed by atoms with E-state index in [1.807, 2.05) is 31.2 Å². The van der Waals surface area contributed by atoms with Crippen molar-refractivity contribution in [2.45, 2.75) is 19.6 Å². The van der Waals surface area contributed by atoms with Gasteiger partial charge >= 0.3 is 0 Å². The third-order valence-electron chi connectivity index (χ3n) is 4.66. The van der Waals surface area contributed by atoms with Crippen molar-refractivity contribution in [3.05, 3.63) is 65.2 Å². The zero-order valence-corrected chi connectivity index (χ0v) is 15.6. The molecule has 142 valence electrons. The number of ether oxygens (including phenoxy) is 1. The molecule has 0 saturated carbocycles. The molecular weight excluding hydrogens is 344 g/mol. The van der Waals surface area contributed by atoms with Gasteiger partial charge in [-0.2, -0.15) is 0 Å². The topological polar surface area (TPSA) is 70.1 Å². The van der Waals surface area contributed by atoms with Crippen molar-refractivity contribution in [2.24, 2.45) is 0 Å². The molecule has 2 aromatic carbocycles. The summed E-state index contributed by atoms with van der Waals surface area (Å²) in [6.45, 7) is 2.65. The van der Waals surface area contributed by atoms with Crippen LogP contribution < -0.4 is 4.74 Å². The average Bonchev–Trinajstić information content (AvgIpc) is 2.81. The molecule has 2 aromatic rings. The van der Waals surface area contributed by atoms with E-state index in [0.29, 0.717) is 17.9 Å². The van der Waals surface area contributed by atoms with Crippen LogP contribution in [-0.2, 0) is 11.3 Å². The third-order valence-corrected chi connectivity index (χ3v) is 4.66. The number of carbonyl (C=O) groups excluding carboxylic acids is 2. The molecule has 1 saturated heterocycles. The van der Waals surface area contributed by atoms with Gasteiger partial charge in [-0.15, -0.1) is 0 Å². The van der Waals surface area contributed by atoms with Gasteiger partial charge in [0.05, 0.1) is 18.8 Å². The van der Waals surface area contributed by atoms with Crippen molar-refractivity contribution in [2.75, 3.05) is 26.7 Å². The fourth-order valence-electron chi connectivity index (χ4n) is 3.21. The molecule has 0 spiro atoms. The van der Waals surface area contributed by atoms with Gasteiger partial charge in [0.25, 0.3) is 5.91 Å². The van der Waals surface area contributed by atoms with Gasteiger partial charge in [0.15, 0.2) is 0 Å². The molecule has 1 unspecified atom stereocenters. The number of aliphatic hydroxyl groups excluding tert-OH is 1. The third kappa shape index (κ3) is 4.46. The van der Waals surface area contributed by atoms with Crippen LogP contribution in [0.4, 0.5) is 0 Å². The second-order valence-corrected chi connectivity index (χ2v) is 6.80. The van der Waals surface area contributed by atoms with E-state index in [0.717, 1.165) is 11.1 Å². The molecule has 0 bridgehead atoms. The minimum absolute atomic E-state index is 0.0696. The lowest BCUT2D eigenvalue weighted by Crippen LogP contribution is -2.39. The van der Waals surface area contributed by atoms with Crippen LogP contribution in [0, 0.1) is 6.92 Å². The monoisotopic (exact) mass is 368 g/mol. The number of carbonyl (C=O) groups is 2. The van der Waals surface area contributed by atoms with Crippen molar-refractivity contribution in [1.29, 1.82) is 0 Å². The summed E-state index contributed by atoms with van der Waals surface area (Å²) in [6.07, 6.45) is -0.805. The number of rotatable bonds is 4. The van der Waals surface area contributed by atoms with Gasteiger partial charge in [0.1, 0.15) is 12.3 Å². The van der Waals surface area contributed by atoms with E-state index in [2.05, 4.69) is 0 Å². The van der Waals surface area contributed by atoms with E-state index in [4.69, 9.17) is 4.74 Å². The fourth-order valence-corrected chi connectivity index (χ4v) is 3.21. The highest BCUT2D eigenvalue weighted by atomic mass is 16.5. The molecule has 6 heteroatoms. The van der Waals surface area contributed by atoms with Gasteiger partial charge in [-0.3, -0.25) is 9.59 Å². The van der Waals surface area contributed by atoms with Crippen molar-refractivity contribution < 1.29 is 19.4 Å². The standard InChI is InChI=1S/C21H24N2O4/c1-15-7-9-16(10-8-15)11-22-12-17(24)13-23(14-20(22)25)21(26)18-5-3-4-6-19(18)27-2/h3-10,17,24H,11-14H2,1-2H3. The van der Waals surface area contributed by atoms with Crippen molar-refractivity contribution >= 4 is 11.8 Å². The van der Waals surface area contributed by atoms with Crippen LogP contribution in [0.2, 0.25) is 0 Å². The Hall–Kier alpha value is -2.86. The van der Waals surface area contributed by atoms with Gasteiger partial charge in [-0.25, -0.2) is 0 Å². The summed E-state index contributed by atoms with van der Waals surface area (Å²) >= 11 is 0. The summed E-state index contributed by atoms with van der Waals surface area (Å²) in [6, 6.07) is 14.8. The summed E-state index contributed by atoms with van der Waals surface area (Å²) < 4.78 is 5.25. The Kier molecular flexibility index (Phi) is 5.76. The Bertz CT molecular complexity index is 819. The molecule has 1 aliphatic heterocycles. The molecule has 2 amide bonds. The number of amides is 2. The lowest BCUT2D eigenvalue weighted by molar-refractivity contribution is -0.131. The predicted molar refractivity (Wildman–Crippen MR) is 102 cm³/mol. The molecule has 3 rings (SSSR count). The van der Waals surface area contributed by atoms with Gasteiger partial charge < -0.3 is 19.6 Å². The molecule has 1 aliphatic rings. The van der Waals surface area contributed by atoms with Crippen LogP contribution in [0.1, 0.15) is 21.5 Å². The quantitative estimate of drug-likeness (QED) is 0.894. The molecule has 0 aromatic heterocycles. The van der Waals surface area contributed by atoms with E-state index in [1.165, 1.54) is 12.0 Å². The minimum atomic E-state index is -0.805. The number of aliphatic hydroxyl groups is 1. The molecule has 0 aliphatic carbocycles. The summed E-state index contributed by atoms with van der Waals surface area (Å²) in [5, 5.41) is 10.4. The van der Waals surface area contributed by atoms with E-state index < -0.39 is 6.10 Å². The molecule has 1 heterocycles. The first-order valence-electron chi connectivity index (χ1n) is 8.91. The number of hydrogen-bond acceptors (Lipinski definition) is 4. The second-order valence-electron chi connectivity index (χ2n) is 6.80. The first-order chi connectivity index (χ1) is 13.0. The molecular formula is C21H24N2O4. The maximum atomic E-state index is 12.9. The second kappa shape index (κ2) is 8.22. The Morgan fingerprint density at radius 3 is 2.56 bits per heavy atom. The highest BCUT2D eigenvalue weighted by molar-refractivity contribution is 5.99. The number of para-hydroxylation sites is 1. The first-order valence-corrected chi connectivity index (χ1v) is 8.91. The highest BCUT2D eigenvalue weighted by Crippen LogP contribution is 2.21. The Morgan fingerprint density at radius 2 is 1.85 bits per heavy atom. The normalized spacial score (nSPS) is 17.6. The van der Waals surface area contributed by atoms with Crippen LogP contribution >= 0.6 is 0 Å². The van der Waals surface area contributed by atoms with Crippen molar-refractivity contribution in [3.8, 4) is 5.75 Å². The minimum Gasteiger partial charge on any atom is -0.496 e. The number of β-amino-alcohol motifs (C(OH)–C–C–N with tert-alkyl or cyclic N) is 1. The molecule has 27 heavy (non-hydrogen) atoms. The SMILES string of the molecule is COc1ccccc1C(=O)N1CC(=O)N(Cc2ccc(C)cc2)CC(O)C1. The summed E-state index contributed by atoms with van der Waals surface area (Å²) in [5.41, 5.74) is 2.52. The first kappa shape index (κ1) is 18.9. The van der Waals surface area contributed by atoms with E-state index in [-0.39, 0.29) is 31.4 Å². The highest BCUT2D eigenvalue weighted by Gasteiger charge is 2.30. The van der Waals surface area contributed by atoms with Crippen molar-refractivity contribution in [1.82, 2.24) is 9.80 Å². The van der Waals surface area contributed by atoms with Gasteiger partial charge in [-0.05, 0) is 24.6 Å². The number of aryl methyl sites for hydroxylation is 1. The number of benzene rings is 2. The van der Waals surface area contributed by atoms with Gasteiger partial charge in [0, 0.05) is 19.6 Å². The zero-order chi connectivity index (χ0) is 19.4. The Labute approximate surface area is 159 Å². The molecule has 1 N–H and O–H groups in total. The fraction of sp³-hybridized carbons (Fsp3) is 0.333. The van der Waals surface area contributed by atoms with Crippen LogP contribution in [0.25, 0.3) is 0 Å². The van der Waals surface area contributed by atoms with Crippen LogP contribution in [-0.4, -0.2) is 59.6 Å². The number of methoxy groups -OCH3 is 1. The summed E-state index contributed by atoms with van der Waals surface area (Å²) in [4.78, 5) is 28.6. The van der Waals surface area contributed by atoms with E-state index in [1.54, 1.807) is 29.2 Å². The van der Waals surface area contributed by atoms with Gasteiger partial charge in [-0.1, -0.05) is 42.0 Å². The van der Waals surface area contributed by atoms with Crippen LogP contribution in [0.3, 0.4) is 0 Å².